The summed E-state index contributed by atoms with van der Waals surface area (Å²) in [5, 5.41) is 8.49. The lowest BCUT2D eigenvalue weighted by atomic mass is 10.0. The number of nitrogens with two attached hydrogens (primary N) is 1. The molecule has 0 unspecified atom stereocenters. The van der Waals surface area contributed by atoms with Gasteiger partial charge in [-0.3, -0.25) is 0 Å². The molecule has 0 aliphatic heterocycles. The van der Waals surface area contributed by atoms with Crippen molar-refractivity contribution in [3.63, 3.8) is 0 Å². The first kappa shape index (κ1) is 9.56. The van der Waals surface area contributed by atoms with Crippen LogP contribution >= 0.6 is 0 Å². The number of benzene rings is 1. The van der Waals surface area contributed by atoms with Crippen LogP contribution in [0, 0.1) is 11.3 Å². The van der Waals surface area contributed by atoms with Crippen LogP contribution in [0.15, 0.2) is 24.3 Å². The van der Waals surface area contributed by atoms with Crippen molar-refractivity contribution in [3.8, 4) is 11.8 Å². The molecule has 0 bridgehead atoms. The van der Waals surface area contributed by atoms with Gasteiger partial charge in [-0.2, -0.15) is 5.26 Å². The summed E-state index contributed by atoms with van der Waals surface area (Å²) in [4.78, 5) is 0. The quantitative estimate of drug-likeness (QED) is 0.761. The van der Waals surface area contributed by atoms with Gasteiger partial charge in [0.05, 0.1) is 19.6 Å². The second-order valence-corrected chi connectivity index (χ2v) is 2.71. The van der Waals surface area contributed by atoms with Gasteiger partial charge in [-0.1, -0.05) is 18.2 Å². The van der Waals surface area contributed by atoms with E-state index >= 15 is 0 Å². The van der Waals surface area contributed by atoms with E-state index in [1.165, 1.54) is 0 Å². The number of hydrogen-bond acceptors (Lipinski definition) is 3. The molecular weight excluding hydrogens is 164 g/mol. The molecule has 13 heavy (non-hydrogen) atoms. The molecule has 0 fully saturated rings. The average molecular weight is 176 g/mol. The van der Waals surface area contributed by atoms with Crippen molar-refractivity contribution in [2.75, 3.05) is 7.11 Å². The van der Waals surface area contributed by atoms with Gasteiger partial charge in [-0.25, -0.2) is 0 Å². The second kappa shape index (κ2) is 4.48. The molecule has 0 saturated carbocycles. The number of nitrogens with zero attached hydrogens (tertiary/aromatic N) is 1. The summed E-state index contributed by atoms with van der Waals surface area (Å²) in [5.41, 5.74) is 6.66. The zero-order valence-corrected chi connectivity index (χ0v) is 7.53. The van der Waals surface area contributed by atoms with E-state index in [1.54, 1.807) is 7.11 Å². The van der Waals surface area contributed by atoms with E-state index in [-0.39, 0.29) is 6.04 Å². The predicted molar refractivity (Wildman–Crippen MR) is 50.2 cm³/mol. The lowest BCUT2D eigenvalue weighted by molar-refractivity contribution is 0.406. The van der Waals surface area contributed by atoms with E-state index in [0.717, 1.165) is 11.3 Å². The Morgan fingerprint density at radius 3 is 2.85 bits per heavy atom. The Kier molecular flexibility index (Phi) is 3.30. The van der Waals surface area contributed by atoms with Crippen LogP contribution in [0.4, 0.5) is 0 Å². The summed E-state index contributed by atoms with van der Waals surface area (Å²) in [5.74, 6) is 0.741. The molecule has 0 spiro atoms. The predicted octanol–water partition coefficient (Wildman–Crippen LogP) is 1.61. The highest BCUT2D eigenvalue weighted by atomic mass is 16.5. The maximum Gasteiger partial charge on any atom is 0.123 e. The molecule has 68 valence electrons. The van der Waals surface area contributed by atoms with Gasteiger partial charge >= 0.3 is 0 Å². The van der Waals surface area contributed by atoms with Gasteiger partial charge in [0.15, 0.2) is 0 Å². The molecule has 1 aromatic carbocycles. The SMILES string of the molecule is COc1ccccc1[C@H](N)CC#N. The van der Waals surface area contributed by atoms with Crippen LogP contribution in [-0.4, -0.2) is 7.11 Å². The van der Waals surface area contributed by atoms with Crippen molar-refractivity contribution < 1.29 is 4.74 Å². The number of rotatable bonds is 3. The fourth-order valence-corrected chi connectivity index (χ4v) is 1.18. The Bertz CT molecular complexity index is 317. The summed E-state index contributed by atoms with van der Waals surface area (Å²) < 4.78 is 5.12. The van der Waals surface area contributed by atoms with E-state index < -0.39 is 0 Å². The summed E-state index contributed by atoms with van der Waals surface area (Å²) >= 11 is 0. The first-order valence-corrected chi connectivity index (χ1v) is 4.05. The van der Waals surface area contributed by atoms with Crippen LogP contribution in [0.1, 0.15) is 18.0 Å². The van der Waals surface area contributed by atoms with E-state index in [4.69, 9.17) is 15.7 Å². The minimum atomic E-state index is -0.263. The molecule has 2 N–H and O–H groups in total. The zero-order chi connectivity index (χ0) is 9.68. The maximum absolute atomic E-state index is 8.49. The summed E-state index contributed by atoms with van der Waals surface area (Å²) in [6.07, 6.45) is 0.306. The van der Waals surface area contributed by atoms with Crippen molar-refractivity contribution in [1.82, 2.24) is 0 Å². The molecule has 0 aliphatic rings. The Balaban J connectivity index is 2.93. The second-order valence-electron chi connectivity index (χ2n) is 2.71. The van der Waals surface area contributed by atoms with Crippen molar-refractivity contribution in [2.24, 2.45) is 5.73 Å². The van der Waals surface area contributed by atoms with Gasteiger partial charge in [0, 0.05) is 11.6 Å². The van der Waals surface area contributed by atoms with Crippen LogP contribution in [-0.2, 0) is 0 Å². The first-order chi connectivity index (χ1) is 6.29. The van der Waals surface area contributed by atoms with Gasteiger partial charge in [0.1, 0.15) is 5.75 Å². The highest BCUT2D eigenvalue weighted by Crippen LogP contribution is 2.24. The molecule has 0 aromatic heterocycles. The third kappa shape index (κ3) is 2.20. The molecule has 1 aromatic rings. The molecule has 1 rings (SSSR count). The highest BCUT2D eigenvalue weighted by molar-refractivity contribution is 5.35. The molecule has 3 nitrogen and oxygen atoms in total. The third-order valence-corrected chi connectivity index (χ3v) is 1.85. The monoisotopic (exact) mass is 176 g/mol. The lowest BCUT2D eigenvalue weighted by Gasteiger charge is -2.12. The number of nitriles is 1. The van der Waals surface area contributed by atoms with E-state index in [9.17, 15) is 0 Å². The van der Waals surface area contributed by atoms with Crippen LogP contribution in [0.25, 0.3) is 0 Å². The number of methoxy groups -OCH3 is 1. The topological polar surface area (TPSA) is 59.0 Å². The Morgan fingerprint density at radius 2 is 2.23 bits per heavy atom. The van der Waals surface area contributed by atoms with E-state index in [1.807, 2.05) is 30.3 Å². The zero-order valence-electron chi connectivity index (χ0n) is 7.53. The molecule has 0 radical (unpaired) electrons. The number of hydrogen-bond donors (Lipinski definition) is 1. The standard InChI is InChI=1S/C10H12N2O/c1-13-10-5-3-2-4-8(10)9(12)6-7-11/h2-5,9H,6,12H2,1H3/t9-/m1/s1. The highest BCUT2D eigenvalue weighted by Gasteiger charge is 2.09. The lowest BCUT2D eigenvalue weighted by Crippen LogP contribution is -2.10. The largest absolute Gasteiger partial charge is 0.496 e. The molecule has 0 heterocycles. The Morgan fingerprint density at radius 1 is 1.54 bits per heavy atom. The fourth-order valence-electron chi connectivity index (χ4n) is 1.18. The van der Waals surface area contributed by atoms with E-state index in [0.29, 0.717) is 6.42 Å². The van der Waals surface area contributed by atoms with Gasteiger partial charge in [-0.05, 0) is 6.07 Å². The Labute approximate surface area is 77.7 Å². The average Bonchev–Trinajstić information content (AvgIpc) is 2.18. The van der Waals surface area contributed by atoms with Crippen molar-refractivity contribution in [3.05, 3.63) is 29.8 Å². The van der Waals surface area contributed by atoms with Crippen LogP contribution in [0.2, 0.25) is 0 Å². The fraction of sp³-hybridized carbons (Fsp3) is 0.300. The normalized spacial score (nSPS) is 11.8. The van der Waals surface area contributed by atoms with Crippen molar-refractivity contribution in [1.29, 1.82) is 5.26 Å². The molecular formula is C10H12N2O. The van der Waals surface area contributed by atoms with Gasteiger partial charge in [0.25, 0.3) is 0 Å². The van der Waals surface area contributed by atoms with Crippen LogP contribution in [0.5, 0.6) is 5.75 Å². The Hall–Kier alpha value is -1.53. The molecule has 0 saturated heterocycles. The smallest absolute Gasteiger partial charge is 0.123 e. The number of para-hydroxylation sites is 1. The summed E-state index contributed by atoms with van der Waals surface area (Å²) in [6, 6.07) is 9.25. The number of ether oxygens (including phenoxy) is 1. The maximum atomic E-state index is 8.49. The summed E-state index contributed by atoms with van der Waals surface area (Å²) in [6.45, 7) is 0. The van der Waals surface area contributed by atoms with Crippen molar-refractivity contribution in [2.45, 2.75) is 12.5 Å². The first-order valence-electron chi connectivity index (χ1n) is 4.05. The van der Waals surface area contributed by atoms with Crippen molar-refractivity contribution >= 4 is 0 Å². The van der Waals surface area contributed by atoms with Gasteiger partial charge in [-0.15, -0.1) is 0 Å². The van der Waals surface area contributed by atoms with Crippen LogP contribution < -0.4 is 10.5 Å². The molecule has 0 amide bonds. The minimum absolute atomic E-state index is 0.263. The van der Waals surface area contributed by atoms with Gasteiger partial charge < -0.3 is 10.5 Å². The van der Waals surface area contributed by atoms with E-state index in [2.05, 4.69) is 0 Å². The molecule has 3 heteroatoms. The molecule has 1 atom stereocenters. The summed E-state index contributed by atoms with van der Waals surface area (Å²) in [7, 11) is 1.60. The molecule has 0 aliphatic carbocycles. The van der Waals surface area contributed by atoms with Gasteiger partial charge in [0.2, 0.25) is 0 Å². The van der Waals surface area contributed by atoms with Crippen LogP contribution in [0.3, 0.4) is 0 Å². The minimum Gasteiger partial charge on any atom is -0.496 e. The third-order valence-electron chi connectivity index (χ3n) is 1.85.